The van der Waals surface area contributed by atoms with Gasteiger partial charge in [0.05, 0.1) is 15.2 Å². The van der Waals surface area contributed by atoms with Crippen LogP contribution in [0, 0.1) is 14.9 Å². The van der Waals surface area contributed by atoms with Crippen molar-refractivity contribution >= 4 is 45.8 Å². The SMILES string of the molecule is N#C/C(=C/c1ccc(O)c(I)c1)c1ccc(Cl)cc1. The van der Waals surface area contributed by atoms with Gasteiger partial charge >= 0.3 is 0 Å². The van der Waals surface area contributed by atoms with Gasteiger partial charge in [-0.3, -0.25) is 0 Å². The first-order valence-electron chi connectivity index (χ1n) is 5.46. The molecular formula is C15H9ClINO. The van der Waals surface area contributed by atoms with E-state index in [1.165, 1.54) is 0 Å². The number of allylic oxidation sites excluding steroid dienone is 1. The van der Waals surface area contributed by atoms with Crippen LogP contribution in [0.1, 0.15) is 11.1 Å². The highest BCUT2D eigenvalue weighted by molar-refractivity contribution is 14.1. The molecule has 0 amide bonds. The lowest BCUT2D eigenvalue weighted by molar-refractivity contribution is 0.471. The summed E-state index contributed by atoms with van der Waals surface area (Å²) in [6.07, 6.45) is 1.78. The van der Waals surface area contributed by atoms with E-state index in [9.17, 15) is 10.4 Å². The monoisotopic (exact) mass is 381 g/mol. The van der Waals surface area contributed by atoms with Gasteiger partial charge in [-0.25, -0.2) is 0 Å². The second-order valence-electron chi connectivity index (χ2n) is 3.89. The smallest absolute Gasteiger partial charge is 0.128 e. The van der Waals surface area contributed by atoms with E-state index < -0.39 is 0 Å². The molecule has 0 unspecified atom stereocenters. The fourth-order valence-corrected chi connectivity index (χ4v) is 2.25. The third-order valence-electron chi connectivity index (χ3n) is 2.56. The largest absolute Gasteiger partial charge is 0.507 e. The van der Waals surface area contributed by atoms with Gasteiger partial charge in [0.15, 0.2) is 0 Å². The number of phenols is 1. The van der Waals surface area contributed by atoms with Gasteiger partial charge in [-0.1, -0.05) is 29.8 Å². The van der Waals surface area contributed by atoms with E-state index in [-0.39, 0.29) is 5.75 Å². The van der Waals surface area contributed by atoms with Gasteiger partial charge in [-0.15, -0.1) is 0 Å². The molecule has 0 radical (unpaired) electrons. The highest BCUT2D eigenvalue weighted by Crippen LogP contribution is 2.24. The maximum absolute atomic E-state index is 9.47. The quantitative estimate of drug-likeness (QED) is 0.465. The Bertz CT molecular complexity index is 672. The first-order chi connectivity index (χ1) is 9.10. The summed E-state index contributed by atoms with van der Waals surface area (Å²) in [6, 6.07) is 14.5. The highest BCUT2D eigenvalue weighted by Gasteiger charge is 2.03. The van der Waals surface area contributed by atoms with E-state index in [0.717, 1.165) is 14.7 Å². The molecule has 2 rings (SSSR count). The van der Waals surface area contributed by atoms with Gasteiger partial charge in [-0.05, 0) is 64.1 Å². The van der Waals surface area contributed by atoms with Gasteiger partial charge in [-0.2, -0.15) is 5.26 Å². The molecule has 2 aromatic rings. The first kappa shape index (κ1) is 13.9. The van der Waals surface area contributed by atoms with Crippen LogP contribution in [0.3, 0.4) is 0 Å². The summed E-state index contributed by atoms with van der Waals surface area (Å²) in [5, 5.41) is 19.3. The molecule has 4 heteroatoms. The minimum atomic E-state index is 0.239. The summed E-state index contributed by atoms with van der Waals surface area (Å²) in [7, 11) is 0. The lowest BCUT2D eigenvalue weighted by Gasteiger charge is -2.02. The topological polar surface area (TPSA) is 44.0 Å². The van der Waals surface area contributed by atoms with Crippen LogP contribution in [0.2, 0.25) is 5.02 Å². The Hall–Kier alpha value is -1.51. The Balaban J connectivity index is 2.41. The van der Waals surface area contributed by atoms with Crippen molar-refractivity contribution in [3.8, 4) is 11.8 Å². The molecule has 0 bridgehead atoms. The van der Waals surface area contributed by atoms with Crippen LogP contribution in [-0.4, -0.2) is 5.11 Å². The minimum Gasteiger partial charge on any atom is -0.507 e. The predicted octanol–water partition coefficient (Wildman–Crippen LogP) is 4.71. The van der Waals surface area contributed by atoms with Gasteiger partial charge in [0.1, 0.15) is 5.75 Å². The molecule has 0 fully saturated rings. The summed E-state index contributed by atoms with van der Waals surface area (Å²) < 4.78 is 0.750. The zero-order valence-electron chi connectivity index (χ0n) is 9.77. The van der Waals surface area contributed by atoms with Gasteiger partial charge in [0.25, 0.3) is 0 Å². The number of rotatable bonds is 2. The van der Waals surface area contributed by atoms with E-state index >= 15 is 0 Å². The summed E-state index contributed by atoms with van der Waals surface area (Å²) in [4.78, 5) is 0. The Morgan fingerprint density at radius 2 is 1.89 bits per heavy atom. The van der Waals surface area contributed by atoms with E-state index in [1.807, 2.05) is 40.8 Å². The second-order valence-corrected chi connectivity index (χ2v) is 5.49. The Kier molecular flexibility index (Phi) is 4.46. The number of hydrogen-bond acceptors (Lipinski definition) is 2. The van der Waals surface area contributed by atoms with Crippen molar-refractivity contribution in [1.29, 1.82) is 5.26 Å². The van der Waals surface area contributed by atoms with Crippen molar-refractivity contribution in [3.05, 3.63) is 62.2 Å². The Morgan fingerprint density at radius 1 is 1.21 bits per heavy atom. The Labute approximate surface area is 130 Å². The number of hydrogen-bond donors (Lipinski definition) is 1. The molecule has 0 spiro atoms. The van der Waals surface area contributed by atoms with Gasteiger partial charge in [0, 0.05) is 5.02 Å². The fraction of sp³-hybridized carbons (Fsp3) is 0. The van der Waals surface area contributed by atoms with Crippen LogP contribution in [0.15, 0.2) is 42.5 Å². The fourth-order valence-electron chi connectivity index (χ4n) is 1.59. The summed E-state index contributed by atoms with van der Waals surface area (Å²) >= 11 is 7.88. The van der Waals surface area contributed by atoms with Crippen molar-refractivity contribution in [2.24, 2.45) is 0 Å². The second kappa shape index (κ2) is 6.09. The van der Waals surface area contributed by atoms with E-state index in [0.29, 0.717) is 10.6 Å². The molecule has 19 heavy (non-hydrogen) atoms. The molecule has 2 aromatic carbocycles. The molecule has 0 saturated carbocycles. The van der Waals surface area contributed by atoms with Gasteiger partial charge in [0.2, 0.25) is 0 Å². The third-order valence-corrected chi connectivity index (χ3v) is 3.67. The summed E-state index contributed by atoms with van der Waals surface area (Å²) in [6.45, 7) is 0. The van der Waals surface area contributed by atoms with Crippen molar-refractivity contribution in [2.45, 2.75) is 0 Å². The average Bonchev–Trinajstić information content (AvgIpc) is 2.41. The number of aromatic hydroxyl groups is 1. The number of nitriles is 1. The van der Waals surface area contributed by atoms with Crippen molar-refractivity contribution < 1.29 is 5.11 Å². The van der Waals surface area contributed by atoms with Crippen molar-refractivity contribution in [3.63, 3.8) is 0 Å². The molecule has 94 valence electrons. The molecule has 0 aliphatic carbocycles. The summed E-state index contributed by atoms with van der Waals surface area (Å²) in [5.74, 6) is 0.239. The Morgan fingerprint density at radius 3 is 2.47 bits per heavy atom. The van der Waals surface area contributed by atoms with Crippen LogP contribution >= 0.6 is 34.2 Å². The minimum absolute atomic E-state index is 0.239. The van der Waals surface area contributed by atoms with E-state index in [4.69, 9.17) is 11.6 Å². The maximum Gasteiger partial charge on any atom is 0.128 e. The zero-order chi connectivity index (χ0) is 13.8. The third kappa shape index (κ3) is 3.49. The van der Waals surface area contributed by atoms with Crippen LogP contribution < -0.4 is 0 Å². The molecule has 0 saturated heterocycles. The molecular weight excluding hydrogens is 373 g/mol. The highest BCUT2D eigenvalue weighted by atomic mass is 127. The van der Waals surface area contributed by atoms with Gasteiger partial charge < -0.3 is 5.11 Å². The first-order valence-corrected chi connectivity index (χ1v) is 6.92. The lowest BCUT2D eigenvalue weighted by atomic mass is 10.0. The normalized spacial score (nSPS) is 11.1. The zero-order valence-corrected chi connectivity index (χ0v) is 12.7. The van der Waals surface area contributed by atoms with E-state index in [1.54, 1.807) is 30.3 Å². The van der Waals surface area contributed by atoms with E-state index in [2.05, 4.69) is 6.07 Å². The molecule has 0 heterocycles. The van der Waals surface area contributed by atoms with Crippen LogP contribution in [0.25, 0.3) is 11.6 Å². The number of benzene rings is 2. The maximum atomic E-state index is 9.47. The number of nitrogens with zero attached hydrogens (tertiary/aromatic N) is 1. The molecule has 0 atom stereocenters. The van der Waals surface area contributed by atoms with Crippen molar-refractivity contribution in [1.82, 2.24) is 0 Å². The number of phenolic OH excluding ortho intramolecular Hbond substituents is 1. The van der Waals surface area contributed by atoms with Crippen LogP contribution in [0.4, 0.5) is 0 Å². The molecule has 0 aliphatic rings. The average molecular weight is 382 g/mol. The van der Waals surface area contributed by atoms with Crippen LogP contribution in [0.5, 0.6) is 5.75 Å². The standard InChI is InChI=1S/C15H9ClINO/c16-13-4-2-11(3-5-13)12(9-18)7-10-1-6-15(19)14(17)8-10/h1-8,19H/b12-7-. The number of halogens is 2. The van der Waals surface area contributed by atoms with Crippen molar-refractivity contribution in [2.75, 3.05) is 0 Å². The predicted molar refractivity (Wildman–Crippen MR) is 85.8 cm³/mol. The molecule has 0 aliphatic heterocycles. The molecule has 1 N–H and O–H groups in total. The summed E-state index contributed by atoms with van der Waals surface area (Å²) in [5.41, 5.74) is 2.24. The molecule has 2 nitrogen and oxygen atoms in total. The lowest BCUT2D eigenvalue weighted by Crippen LogP contribution is -1.83. The van der Waals surface area contributed by atoms with Crippen LogP contribution in [-0.2, 0) is 0 Å². The molecule has 0 aromatic heterocycles.